The normalized spacial score (nSPS) is 16.4. The highest BCUT2D eigenvalue weighted by atomic mass is 35.5. The highest BCUT2D eigenvalue weighted by molar-refractivity contribution is 6.31. The number of hydrogen-bond acceptors (Lipinski definition) is 5. The van der Waals surface area contributed by atoms with Gasteiger partial charge in [0.1, 0.15) is 18.2 Å². The number of rotatable bonds is 5. The number of piperidine rings is 1. The van der Waals surface area contributed by atoms with Crippen molar-refractivity contribution in [2.24, 2.45) is 0 Å². The molecule has 4 heterocycles. The lowest BCUT2D eigenvalue weighted by Gasteiger charge is -2.26. The Morgan fingerprint density at radius 1 is 1.18 bits per heavy atom. The topological polar surface area (TPSA) is 63.0 Å². The van der Waals surface area contributed by atoms with E-state index in [0.717, 1.165) is 47.9 Å². The van der Waals surface area contributed by atoms with Gasteiger partial charge in [0, 0.05) is 18.2 Å². The molecule has 3 aromatic rings. The van der Waals surface area contributed by atoms with Crippen LogP contribution in [0.15, 0.2) is 18.2 Å². The second kappa shape index (κ2) is 8.91. The third-order valence-electron chi connectivity index (χ3n) is 6.53. The number of benzene rings is 1. The van der Waals surface area contributed by atoms with Crippen LogP contribution in [0.4, 0.5) is 4.39 Å². The molecule has 0 radical (unpaired) electrons. The largest absolute Gasteiger partial charge is 0.491 e. The van der Waals surface area contributed by atoms with E-state index in [4.69, 9.17) is 16.3 Å². The van der Waals surface area contributed by atoms with Gasteiger partial charge >= 0.3 is 0 Å². The standard InChI is InChI=1S/C24H27ClFN5O2/c1-15-22(25)16(2)31-23(27-15)19-13-30(14-20(19)28-31)24(32)18-7-6-17(26)12-21(18)33-11-10-29-8-4-3-5-9-29/h6-7,12H,3-5,8-11,13-14H2,1-2H3. The molecular weight excluding hydrogens is 445 g/mol. The Balaban J connectivity index is 1.33. The summed E-state index contributed by atoms with van der Waals surface area (Å²) in [5.74, 6) is -0.345. The first-order valence-corrected chi connectivity index (χ1v) is 11.8. The first kappa shape index (κ1) is 22.1. The van der Waals surface area contributed by atoms with Crippen molar-refractivity contribution in [2.45, 2.75) is 46.2 Å². The van der Waals surface area contributed by atoms with Crippen molar-refractivity contribution in [3.8, 4) is 5.75 Å². The van der Waals surface area contributed by atoms with E-state index in [1.54, 1.807) is 9.42 Å². The molecule has 9 heteroatoms. The predicted octanol–water partition coefficient (Wildman–Crippen LogP) is 4.16. The zero-order valence-corrected chi connectivity index (χ0v) is 19.7. The molecule has 0 aliphatic carbocycles. The fourth-order valence-electron chi connectivity index (χ4n) is 4.69. The average Bonchev–Trinajstić information content (AvgIpc) is 3.37. The highest BCUT2D eigenvalue weighted by Gasteiger charge is 2.31. The number of halogens is 2. The fraction of sp³-hybridized carbons (Fsp3) is 0.458. The number of amides is 1. The molecule has 0 N–H and O–H groups in total. The predicted molar refractivity (Wildman–Crippen MR) is 123 cm³/mol. The summed E-state index contributed by atoms with van der Waals surface area (Å²) >= 11 is 6.32. The van der Waals surface area contributed by atoms with Gasteiger partial charge < -0.3 is 9.64 Å². The van der Waals surface area contributed by atoms with Crippen molar-refractivity contribution in [3.05, 3.63) is 57.2 Å². The maximum Gasteiger partial charge on any atom is 0.258 e. The van der Waals surface area contributed by atoms with E-state index < -0.39 is 5.82 Å². The molecule has 2 aliphatic heterocycles. The van der Waals surface area contributed by atoms with Crippen molar-refractivity contribution in [2.75, 3.05) is 26.2 Å². The van der Waals surface area contributed by atoms with Crippen molar-refractivity contribution >= 4 is 23.2 Å². The first-order valence-electron chi connectivity index (χ1n) is 11.4. The number of fused-ring (bicyclic) bond motifs is 3. The summed E-state index contributed by atoms with van der Waals surface area (Å²) in [6.45, 7) is 7.81. The van der Waals surface area contributed by atoms with Crippen LogP contribution in [0.3, 0.4) is 0 Å². The second-order valence-electron chi connectivity index (χ2n) is 8.81. The molecule has 1 amide bonds. The van der Waals surface area contributed by atoms with Crippen molar-refractivity contribution in [3.63, 3.8) is 0 Å². The number of aromatic nitrogens is 3. The molecule has 0 bridgehead atoms. The molecule has 33 heavy (non-hydrogen) atoms. The zero-order valence-electron chi connectivity index (χ0n) is 18.9. The van der Waals surface area contributed by atoms with Crippen molar-refractivity contribution in [1.82, 2.24) is 24.4 Å². The summed E-state index contributed by atoms with van der Waals surface area (Å²) in [5, 5.41) is 5.23. The zero-order chi connectivity index (χ0) is 23.1. The fourth-order valence-corrected chi connectivity index (χ4v) is 4.81. The van der Waals surface area contributed by atoms with Gasteiger partial charge in [-0.15, -0.1) is 0 Å². The number of aryl methyl sites for hydroxylation is 2. The molecule has 5 rings (SSSR count). The van der Waals surface area contributed by atoms with Gasteiger partial charge in [-0.3, -0.25) is 9.69 Å². The summed E-state index contributed by atoms with van der Waals surface area (Å²) in [5.41, 5.74) is 4.36. The highest BCUT2D eigenvalue weighted by Crippen LogP contribution is 2.31. The average molecular weight is 472 g/mol. The number of carbonyl (C=O) groups is 1. The van der Waals surface area contributed by atoms with Crippen LogP contribution in [0.25, 0.3) is 5.65 Å². The van der Waals surface area contributed by atoms with Gasteiger partial charge in [0.2, 0.25) is 0 Å². The molecule has 0 unspecified atom stereocenters. The Morgan fingerprint density at radius 3 is 2.76 bits per heavy atom. The monoisotopic (exact) mass is 471 g/mol. The molecule has 1 saturated heterocycles. The Labute approximate surface area is 197 Å². The van der Waals surface area contributed by atoms with E-state index in [1.165, 1.54) is 37.5 Å². The Morgan fingerprint density at radius 2 is 1.97 bits per heavy atom. The van der Waals surface area contributed by atoms with Crippen molar-refractivity contribution in [1.29, 1.82) is 0 Å². The van der Waals surface area contributed by atoms with Gasteiger partial charge in [-0.25, -0.2) is 13.9 Å². The van der Waals surface area contributed by atoms with Crippen LogP contribution in [0, 0.1) is 19.7 Å². The summed E-state index contributed by atoms with van der Waals surface area (Å²) in [6, 6.07) is 4.10. The molecule has 0 saturated carbocycles. The molecule has 2 aromatic heterocycles. The number of likely N-dealkylation sites (tertiary alicyclic amines) is 1. The third kappa shape index (κ3) is 4.17. The summed E-state index contributed by atoms with van der Waals surface area (Å²) < 4.78 is 21.6. The lowest BCUT2D eigenvalue weighted by atomic mass is 10.1. The molecule has 1 aromatic carbocycles. The maximum absolute atomic E-state index is 14.0. The van der Waals surface area contributed by atoms with E-state index in [0.29, 0.717) is 30.3 Å². The Bertz CT molecular complexity index is 1220. The minimum Gasteiger partial charge on any atom is -0.491 e. The van der Waals surface area contributed by atoms with Crippen LogP contribution < -0.4 is 4.74 Å². The van der Waals surface area contributed by atoms with Crippen LogP contribution in [0.5, 0.6) is 5.75 Å². The van der Waals surface area contributed by atoms with Crippen LogP contribution in [-0.2, 0) is 13.1 Å². The number of ether oxygens (including phenoxy) is 1. The van der Waals surface area contributed by atoms with Crippen LogP contribution in [0.1, 0.15) is 52.3 Å². The van der Waals surface area contributed by atoms with Gasteiger partial charge in [-0.05, 0) is 51.9 Å². The first-order chi connectivity index (χ1) is 15.9. The minimum absolute atomic E-state index is 0.207. The van der Waals surface area contributed by atoms with Gasteiger partial charge in [0.25, 0.3) is 5.91 Å². The molecular formula is C24H27ClFN5O2. The van der Waals surface area contributed by atoms with E-state index >= 15 is 0 Å². The quantitative estimate of drug-likeness (QED) is 0.559. The third-order valence-corrected chi connectivity index (χ3v) is 7.08. The van der Waals surface area contributed by atoms with E-state index in [9.17, 15) is 9.18 Å². The molecule has 1 fully saturated rings. The molecule has 2 aliphatic rings. The maximum atomic E-state index is 14.0. The van der Waals surface area contributed by atoms with E-state index in [1.807, 2.05) is 13.8 Å². The molecule has 174 valence electrons. The summed E-state index contributed by atoms with van der Waals surface area (Å²) in [4.78, 5) is 22.0. The Hall–Kier alpha value is -2.71. The van der Waals surface area contributed by atoms with E-state index in [2.05, 4.69) is 15.0 Å². The summed E-state index contributed by atoms with van der Waals surface area (Å²) in [7, 11) is 0. The SMILES string of the molecule is Cc1nc2c3c(nn2c(C)c1Cl)CN(C(=O)c1ccc(F)cc1OCCN1CCCCC1)C3. The van der Waals surface area contributed by atoms with Crippen LogP contribution in [0.2, 0.25) is 5.02 Å². The lowest BCUT2D eigenvalue weighted by molar-refractivity contribution is 0.0744. The van der Waals surface area contributed by atoms with Crippen molar-refractivity contribution < 1.29 is 13.9 Å². The lowest BCUT2D eigenvalue weighted by Crippen LogP contribution is -2.33. The second-order valence-corrected chi connectivity index (χ2v) is 9.19. The number of carbonyl (C=O) groups excluding carboxylic acids is 1. The molecule has 0 spiro atoms. The van der Waals surface area contributed by atoms with Gasteiger partial charge in [0.15, 0.2) is 5.65 Å². The summed E-state index contributed by atoms with van der Waals surface area (Å²) in [6.07, 6.45) is 3.66. The number of nitrogens with zero attached hydrogens (tertiary/aromatic N) is 5. The van der Waals surface area contributed by atoms with Crippen LogP contribution >= 0.6 is 11.6 Å². The smallest absolute Gasteiger partial charge is 0.258 e. The Kier molecular flexibility index (Phi) is 5.97. The minimum atomic E-state index is -0.422. The van der Waals surface area contributed by atoms with Gasteiger partial charge in [-0.1, -0.05) is 18.0 Å². The van der Waals surface area contributed by atoms with Crippen LogP contribution in [-0.4, -0.2) is 56.5 Å². The van der Waals surface area contributed by atoms with Gasteiger partial charge in [-0.2, -0.15) is 5.10 Å². The van der Waals surface area contributed by atoms with Gasteiger partial charge in [0.05, 0.1) is 40.8 Å². The number of hydrogen-bond donors (Lipinski definition) is 0. The molecule has 7 nitrogen and oxygen atoms in total. The molecule has 0 atom stereocenters. The van der Waals surface area contributed by atoms with E-state index in [-0.39, 0.29) is 11.7 Å².